The number of nitrogens with one attached hydrogen (secondary N) is 1. The van der Waals surface area contributed by atoms with Gasteiger partial charge in [-0.05, 0) is 43.2 Å². The molecular formula is C14H23NS2. The summed E-state index contributed by atoms with van der Waals surface area (Å²) in [7, 11) is 0. The van der Waals surface area contributed by atoms with Gasteiger partial charge in [0.2, 0.25) is 0 Å². The van der Waals surface area contributed by atoms with Crippen LogP contribution < -0.4 is 5.32 Å². The van der Waals surface area contributed by atoms with Crippen LogP contribution in [0.1, 0.15) is 54.5 Å². The van der Waals surface area contributed by atoms with Crippen LogP contribution in [0.3, 0.4) is 0 Å². The molecule has 0 amide bonds. The molecule has 17 heavy (non-hydrogen) atoms. The standard InChI is InChI=1S/C14H23NS2/c1-3-5-12(15-7-4-2)14-9-11-10-16-8-6-13(11)17-14/h9,12,15H,3-8,10H2,1-2H3. The van der Waals surface area contributed by atoms with Crippen molar-refractivity contribution in [2.75, 3.05) is 12.3 Å². The predicted octanol–water partition coefficient (Wildman–Crippen LogP) is 4.38. The van der Waals surface area contributed by atoms with E-state index in [1.54, 1.807) is 15.3 Å². The van der Waals surface area contributed by atoms with E-state index in [-0.39, 0.29) is 0 Å². The molecule has 0 saturated heterocycles. The van der Waals surface area contributed by atoms with Crippen molar-refractivity contribution < 1.29 is 0 Å². The lowest BCUT2D eigenvalue weighted by Gasteiger charge is -2.15. The molecule has 0 spiro atoms. The fourth-order valence-corrected chi connectivity index (χ4v) is 4.78. The highest BCUT2D eigenvalue weighted by Crippen LogP contribution is 2.35. The summed E-state index contributed by atoms with van der Waals surface area (Å²) >= 11 is 4.14. The average molecular weight is 269 g/mol. The number of hydrogen-bond donors (Lipinski definition) is 1. The SMILES string of the molecule is CCCNC(CCC)c1cc2c(s1)CCSC2. The van der Waals surface area contributed by atoms with Gasteiger partial charge in [-0.25, -0.2) is 0 Å². The lowest BCUT2D eigenvalue weighted by atomic mass is 10.1. The lowest BCUT2D eigenvalue weighted by molar-refractivity contribution is 0.500. The maximum atomic E-state index is 3.70. The molecule has 0 bridgehead atoms. The molecule has 1 atom stereocenters. The zero-order chi connectivity index (χ0) is 12.1. The first-order chi connectivity index (χ1) is 8.35. The van der Waals surface area contributed by atoms with Gasteiger partial charge < -0.3 is 5.32 Å². The third kappa shape index (κ3) is 3.49. The first-order valence-corrected chi connectivity index (χ1v) is 8.74. The van der Waals surface area contributed by atoms with Gasteiger partial charge in [-0.1, -0.05) is 20.3 Å². The highest BCUT2D eigenvalue weighted by molar-refractivity contribution is 7.98. The topological polar surface area (TPSA) is 12.0 Å². The summed E-state index contributed by atoms with van der Waals surface area (Å²) < 4.78 is 0. The molecule has 2 rings (SSSR count). The summed E-state index contributed by atoms with van der Waals surface area (Å²) in [6, 6.07) is 3.07. The second kappa shape index (κ2) is 6.81. The van der Waals surface area contributed by atoms with Crippen LogP contribution in [0, 0.1) is 0 Å². The van der Waals surface area contributed by atoms with Crippen LogP contribution in [0.2, 0.25) is 0 Å². The first-order valence-electron chi connectivity index (χ1n) is 6.77. The molecule has 1 N–H and O–H groups in total. The molecular weight excluding hydrogens is 246 g/mol. The van der Waals surface area contributed by atoms with Crippen molar-refractivity contribution in [1.29, 1.82) is 0 Å². The van der Waals surface area contributed by atoms with E-state index in [0.29, 0.717) is 6.04 Å². The number of thioether (sulfide) groups is 1. The molecule has 2 heterocycles. The highest BCUT2D eigenvalue weighted by Gasteiger charge is 2.18. The molecule has 1 aliphatic rings. The van der Waals surface area contributed by atoms with E-state index in [1.807, 2.05) is 0 Å². The third-order valence-corrected chi connectivity index (χ3v) is 5.57. The molecule has 1 aliphatic heterocycles. The van der Waals surface area contributed by atoms with Crippen molar-refractivity contribution >= 4 is 23.1 Å². The number of aryl methyl sites for hydroxylation is 1. The van der Waals surface area contributed by atoms with Gasteiger partial charge in [-0.2, -0.15) is 11.8 Å². The molecule has 1 nitrogen and oxygen atoms in total. The first kappa shape index (κ1) is 13.4. The van der Waals surface area contributed by atoms with E-state index in [2.05, 4.69) is 48.3 Å². The predicted molar refractivity (Wildman–Crippen MR) is 80.1 cm³/mol. The zero-order valence-electron chi connectivity index (χ0n) is 10.9. The van der Waals surface area contributed by atoms with Gasteiger partial charge in [-0.3, -0.25) is 0 Å². The minimum atomic E-state index is 0.598. The largest absolute Gasteiger partial charge is 0.309 e. The van der Waals surface area contributed by atoms with E-state index in [9.17, 15) is 0 Å². The van der Waals surface area contributed by atoms with Crippen LogP contribution in [-0.2, 0) is 12.2 Å². The van der Waals surface area contributed by atoms with Crippen LogP contribution in [0.4, 0.5) is 0 Å². The van der Waals surface area contributed by atoms with Crippen LogP contribution >= 0.6 is 23.1 Å². The molecule has 96 valence electrons. The minimum Gasteiger partial charge on any atom is -0.309 e. The van der Waals surface area contributed by atoms with Crippen molar-refractivity contribution in [3.05, 3.63) is 21.4 Å². The van der Waals surface area contributed by atoms with Crippen molar-refractivity contribution in [2.24, 2.45) is 0 Å². The molecule has 3 heteroatoms. The second-order valence-corrected chi connectivity index (χ2v) is 6.97. The lowest BCUT2D eigenvalue weighted by Crippen LogP contribution is -2.21. The quantitative estimate of drug-likeness (QED) is 0.822. The van der Waals surface area contributed by atoms with E-state index in [1.165, 1.54) is 37.2 Å². The zero-order valence-corrected chi connectivity index (χ0v) is 12.6. The number of rotatable bonds is 6. The maximum Gasteiger partial charge on any atom is 0.0414 e. The summed E-state index contributed by atoms with van der Waals surface area (Å²) in [5.74, 6) is 2.55. The summed E-state index contributed by atoms with van der Waals surface area (Å²) in [5.41, 5.74) is 1.61. The van der Waals surface area contributed by atoms with E-state index >= 15 is 0 Å². The minimum absolute atomic E-state index is 0.598. The fourth-order valence-electron chi connectivity index (χ4n) is 2.29. The fraction of sp³-hybridized carbons (Fsp3) is 0.714. The molecule has 1 aromatic rings. The van der Waals surface area contributed by atoms with Gasteiger partial charge in [0.1, 0.15) is 0 Å². The van der Waals surface area contributed by atoms with Crippen molar-refractivity contribution in [1.82, 2.24) is 5.32 Å². The van der Waals surface area contributed by atoms with Crippen molar-refractivity contribution in [3.63, 3.8) is 0 Å². The Labute approximate surface area is 113 Å². The Hall–Kier alpha value is 0.01000. The van der Waals surface area contributed by atoms with Crippen molar-refractivity contribution in [3.8, 4) is 0 Å². The van der Waals surface area contributed by atoms with Gasteiger partial charge in [0.25, 0.3) is 0 Å². The summed E-state index contributed by atoms with van der Waals surface area (Å²) in [6.45, 7) is 5.66. The Morgan fingerprint density at radius 2 is 2.24 bits per heavy atom. The van der Waals surface area contributed by atoms with Gasteiger partial charge in [0.05, 0.1) is 0 Å². The Morgan fingerprint density at radius 1 is 1.35 bits per heavy atom. The number of hydrogen-bond acceptors (Lipinski definition) is 3. The number of fused-ring (bicyclic) bond motifs is 1. The summed E-state index contributed by atoms with van der Waals surface area (Å²) in [6.07, 6.45) is 5.05. The third-order valence-electron chi connectivity index (χ3n) is 3.21. The van der Waals surface area contributed by atoms with Crippen LogP contribution in [0.25, 0.3) is 0 Å². The molecule has 0 saturated carbocycles. The molecule has 0 fully saturated rings. The van der Waals surface area contributed by atoms with Gasteiger partial charge in [0.15, 0.2) is 0 Å². The van der Waals surface area contributed by atoms with Gasteiger partial charge >= 0.3 is 0 Å². The van der Waals surface area contributed by atoms with Gasteiger partial charge in [0, 0.05) is 21.5 Å². The van der Waals surface area contributed by atoms with E-state index < -0.39 is 0 Å². The Morgan fingerprint density at radius 3 is 2.94 bits per heavy atom. The smallest absolute Gasteiger partial charge is 0.0414 e. The van der Waals surface area contributed by atoms with Crippen LogP contribution in [-0.4, -0.2) is 12.3 Å². The van der Waals surface area contributed by atoms with Crippen LogP contribution in [0.5, 0.6) is 0 Å². The van der Waals surface area contributed by atoms with Crippen molar-refractivity contribution in [2.45, 2.75) is 51.3 Å². The maximum absolute atomic E-state index is 3.70. The molecule has 1 aromatic heterocycles. The Balaban J connectivity index is 2.08. The summed E-state index contributed by atoms with van der Waals surface area (Å²) in [4.78, 5) is 3.23. The number of thiophene rings is 1. The molecule has 0 aromatic carbocycles. The second-order valence-electron chi connectivity index (χ2n) is 4.70. The highest BCUT2D eigenvalue weighted by atomic mass is 32.2. The van der Waals surface area contributed by atoms with E-state index in [0.717, 1.165) is 6.54 Å². The van der Waals surface area contributed by atoms with E-state index in [4.69, 9.17) is 0 Å². The Kier molecular flexibility index (Phi) is 5.39. The molecule has 0 aliphatic carbocycles. The molecule has 1 unspecified atom stereocenters. The normalized spacial score (nSPS) is 16.8. The average Bonchev–Trinajstić information content (AvgIpc) is 2.78. The monoisotopic (exact) mass is 269 g/mol. The Bertz CT molecular complexity index is 322. The van der Waals surface area contributed by atoms with Crippen LogP contribution in [0.15, 0.2) is 6.07 Å². The van der Waals surface area contributed by atoms with Gasteiger partial charge in [-0.15, -0.1) is 11.3 Å². The molecule has 0 radical (unpaired) electrons. The summed E-state index contributed by atoms with van der Waals surface area (Å²) in [5, 5.41) is 3.70.